The second kappa shape index (κ2) is 9.18. The Morgan fingerprint density at radius 1 is 1.22 bits per heavy atom. The molecule has 0 unspecified atom stereocenters. The van der Waals surface area contributed by atoms with Gasteiger partial charge in [0.15, 0.2) is 0 Å². The third kappa shape index (κ3) is 4.65. The third-order valence-corrected chi connectivity index (χ3v) is 3.44. The van der Waals surface area contributed by atoms with Gasteiger partial charge in [-0.1, -0.05) is 19.9 Å². The number of nitrogens with two attached hydrogens (primary N) is 1. The molecule has 0 aliphatic rings. The summed E-state index contributed by atoms with van der Waals surface area (Å²) in [6, 6.07) is 7.06. The molecule has 3 rings (SSSR count). The first kappa shape index (κ1) is 20.4. The predicted octanol–water partition coefficient (Wildman–Crippen LogP) is 2.67. The lowest BCUT2D eigenvalue weighted by Gasteiger charge is -2.25. The fourth-order valence-electron chi connectivity index (χ4n) is 2.44. The summed E-state index contributed by atoms with van der Waals surface area (Å²) in [6.07, 6.45) is -1.34. The van der Waals surface area contributed by atoms with Crippen molar-refractivity contribution in [2.45, 2.75) is 20.3 Å². The van der Waals surface area contributed by atoms with Gasteiger partial charge in [0.25, 0.3) is 6.43 Å². The van der Waals surface area contributed by atoms with Gasteiger partial charge in [-0.05, 0) is 29.9 Å². The summed E-state index contributed by atoms with van der Waals surface area (Å²) in [5.74, 6) is 4.62. The van der Waals surface area contributed by atoms with Crippen molar-refractivity contribution in [3.8, 4) is 0 Å². The second-order valence-corrected chi connectivity index (χ2v) is 5.09. The van der Waals surface area contributed by atoms with Crippen molar-refractivity contribution in [2.75, 3.05) is 16.9 Å². The fourth-order valence-corrected chi connectivity index (χ4v) is 2.44. The summed E-state index contributed by atoms with van der Waals surface area (Å²) < 4.78 is 40.7. The maximum absolute atomic E-state index is 14.4. The standard InChI is InChI=1S/C15H12BF3N6.C2H6/c16-11-6-8(4-5-21-11)25(7-12(18)19)14-13-9(17)2-1-3-10(13)22-15(23-14)24-20;1-2/h1-6,12H,7,20H2,(H,22,23,24);1-2H3. The van der Waals surface area contributed by atoms with Gasteiger partial charge in [0.1, 0.15) is 19.5 Å². The average Bonchev–Trinajstić information content (AvgIpc) is 2.67. The number of pyridine rings is 1. The van der Waals surface area contributed by atoms with Gasteiger partial charge in [0.05, 0.1) is 17.4 Å². The average molecular weight is 374 g/mol. The summed E-state index contributed by atoms with van der Waals surface area (Å²) in [6.45, 7) is 3.27. The minimum Gasteiger partial charge on any atom is -0.320 e. The van der Waals surface area contributed by atoms with Crippen LogP contribution in [0.3, 0.4) is 0 Å². The van der Waals surface area contributed by atoms with E-state index in [1.165, 1.54) is 36.5 Å². The highest BCUT2D eigenvalue weighted by atomic mass is 19.3. The van der Waals surface area contributed by atoms with Crippen LogP contribution in [0.5, 0.6) is 0 Å². The minimum absolute atomic E-state index is 0.00228. The number of rotatable bonds is 5. The number of hydrogen-bond donors (Lipinski definition) is 2. The third-order valence-electron chi connectivity index (χ3n) is 3.44. The quantitative estimate of drug-likeness (QED) is 0.406. The van der Waals surface area contributed by atoms with Crippen LogP contribution in [0.15, 0.2) is 36.5 Å². The lowest BCUT2D eigenvalue weighted by atomic mass is 10.0. The normalized spacial score (nSPS) is 10.5. The van der Waals surface area contributed by atoms with Crippen LogP contribution in [-0.4, -0.2) is 35.8 Å². The first-order valence-corrected chi connectivity index (χ1v) is 8.19. The van der Waals surface area contributed by atoms with Crippen LogP contribution in [0.2, 0.25) is 0 Å². The molecule has 3 N–H and O–H groups in total. The van der Waals surface area contributed by atoms with Crippen LogP contribution in [0.4, 0.5) is 30.6 Å². The number of halogens is 3. The fraction of sp³-hybridized carbons (Fsp3) is 0.235. The Morgan fingerprint density at radius 2 is 1.96 bits per heavy atom. The number of hydrazine groups is 1. The van der Waals surface area contributed by atoms with E-state index in [2.05, 4.69) is 20.4 Å². The van der Waals surface area contributed by atoms with E-state index < -0.39 is 18.8 Å². The number of aromatic nitrogens is 3. The topological polar surface area (TPSA) is 80.0 Å². The first-order chi connectivity index (χ1) is 13.0. The Kier molecular flexibility index (Phi) is 6.94. The van der Waals surface area contributed by atoms with Crippen molar-refractivity contribution in [2.24, 2.45) is 5.84 Å². The monoisotopic (exact) mass is 374 g/mol. The summed E-state index contributed by atoms with van der Waals surface area (Å²) >= 11 is 0. The zero-order valence-electron chi connectivity index (χ0n) is 14.8. The number of hydrogen-bond acceptors (Lipinski definition) is 6. The number of nitrogens with one attached hydrogen (secondary N) is 1. The van der Waals surface area contributed by atoms with Gasteiger partial charge in [0, 0.05) is 11.9 Å². The van der Waals surface area contributed by atoms with Gasteiger partial charge in [-0.2, -0.15) is 4.98 Å². The molecule has 0 aliphatic heterocycles. The maximum Gasteiger partial charge on any atom is 0.256 e. The minimum atomic E-state index is -2.71. The largest absolute Gasteiger partial charge is 0.320 e. The van der Waals surface area contributed by atoms with Gasteiger partial charge in [0.2, 0.25) is 5.95 Å². The van der Waals surface area contributed by atoms with E-state index in [0.717, 1.165) is 4.90 Å². The van der Waals surface area contributed by atoms with Gasteiger partial charge < -0.3 is 4.90 Å². The lowest BCUT2D eigenvalue weighted by Crippen LogP contribution is -2.27. The van der Waals surface area contributed by atoms with Crippen LogP contribution < -0.4 is 21.8 Å². The number of benzene rings is 1. The van der Waals surface area contributed by atoms with Crippen molar-refractivity contribution >= 4 is 41.8 Å². The van der Waals surface area contributed by atoms with E-state index in [0.29, 0.717) is 5.69 Å². The Bertz CT molecular complexity index is 909. The van der Waals surface area contributed by atoms with Crippen LogP contribution in [0.1, 0.15) is 13.8 Å². The number of anilines is 3. The number of fused-ring (bicyclic) bond motifs is 1. The van der Waals surface area contributed by atoms with E-state index in [-0.39, 0.29) is 28.3 Å². The van der Waals surface area contributed by atoms with Crippen LogP contribution in [0.25, 0.3) is 10.9 Å². The van der Waals surface area contributed by atoms with E-state index in [1.807, 2.05) is 13.8 Å². The summed E-state index contributed by atoms with van der Waals surface area (Å²) in [5.41, 5.74) is 2.90. The predicted molar refractivity (Wildman–Crippen MR) is 101 cm³/mol. The van der Waals surface area contributed by atoms with Crippen LogP contribution >= 0.6 is 0 Å². The molecule has 0 amide bonds. The molecule has 0 fully saturated rings. The molecular formula is C17H18BF3N6. The van der Waals surface area contributed by atoms with E-state index in [1.54, 1.807) is 0 Å². The SMILES string of the molecule is CC.[B]c1cc(N(CC(F)F)c2nc(NN)nc3cccc(F)c23)ccn1. The zero-order chi connectivity index (χ0) is 20.0. The van der Waals surface area contributed by atoms with Crippen molar-refractivity contribution in [1.29, 1.82) is 0 Å². The highest BCUT2D eigenvalue weighted by Crippen LogP contribution is 2.32. The molecule has 0 bridgehead atoms. The smallest absolute Gasteiger partial charge is 0.256 e. The first-order valence-electron chi connectivity index (χ1n) is 8.19. The summed E-state index contributed by atoms with van der Waals surface area (Å²) in [5, 5.41) is -0.00228. The molecule has 0 spiro atoms. The van der Waals surface area contributed by atoms with E-state index in [4.69, 9.17) is 13.7 Å². The van der Waals surface area contributed by atoms with Gasteiger partial charge in [-0.3, -0.25) is 10.4 Å². The van der Waals surface area contributed by atoms with Gasteiger partial charge >= 0.3 is 0 Å². The van der Waals surface area contributed by atoms with E-state index >= 15 is 0 Å². The molecule has 1 aromatic carbocycles. The van der Waals surface area contributed by atoms with E-state index in [9.17, 15) is 13.2 Å². The molecule has 27 heavy (non-hydrogen) atoms. The second-order valence-electron chi connectivity index (χ2n) is 5.09. The molecule has 2 heterocycles. The number of nitrogens with zero attached hydrogens (tertiary/aromatic N) is 4. The molecule has 2 aromatic heterocycles. The van der Waals surface area contributed by atoms with Crippen LogP contribution in [0, 0.1) is 5.82 Å². The maximum atomic E-state index is 14.4. The summed E-state index contributed by atoms with van der Waals surface area (Å²) in [7, 11) is 5.64. The van der Waals surface area contributed by atoms with Crippen molar-refractivity contribution in [3.05, 3.63) is 42.3 Å². The molecule has 0 saturated heterocycles. The molecule has 2 radical (unpaired) electrons. The molecule has 140 valence electrons. The van der Waals surface area contributed by atoms with Gasteiger partial charge in [-0.25, -0.2) is 24.0 Å². The Labute approximate surface area is 156 Å². The number of alkyl halides is 2. The van der Waals surface area contributed by atoms with Crippen LogP contribution in [-0.2, 0) is 0 Å². The highest BCUT2D eigenvalue weighted by molar-refractivity contribution is 6.30. The van der Waals surface area contributed by atoms with Gasteiger partial charge in [-0.15, -0.1) is 0 Å². The molecule has 10 heteroatoms. The molecular weight excluding hydrogens is 356 g/mol. The molecule has 0 atom stereocenters. The van der Waals surface area contributed by atoms with Crippen molar-refractivity contribution < 1.29 is 13.2 Å². The summed E-state index contributed by atoms with van der Waals surface area (Å²) in [4.78, 5) is 13.1. The molecule has 0 saturated carbocycles. The molecule has 3 aromatic rings. The zero-order valence-corrected chi connectivity index (χ0v) is 14.8. The van der Waals surface area contributed by atoms with Crippen molar-refractivity contribution in [3.63, 3.8) is 0 Å². The lowest BCUT2D eigenvalue weighted by molar-refractivity contribution is 0.158. The highest BCUT2D eigenvalue weighted by Gasteiger charge is 2.22. The molecule has 6 nitrogen and oxygen atoms in total. The Balaban J connectivity index is 0.00000126. The Morgan fingerprint density at radius 3 is 2.59 bits per heavy atom. The molecule has 0 aliphatic carbocycles. The Hall–Kier alpha value is -2.88. The van der Waals surface area contributed by atoms with Crippen molar-refractivity contribution in [1.82, 2.24) is 15.0 Å². The number of nitrogen functional groups attached to an aromatic ring is 1.